The maximum absolute atomic E-state index is 12.5. The molecular formula is C24H31N5O4S. The van der Waals surface area contributed by atoms with E-state index in [-0.39, 0.29) is 12.5 Å². The Bertz CT molecular complexity index is 1110. The zero-order valence-corrected chi connectivity index (χ0v) is 20.8. The van der Waals surface area contributed by atoms with E-state index in [1.54, 1.807) is 19.2 Å². The van der Waals surface area contributed by atoms with Gasteiger partial charge in [0.25, 0.3) is 5.91 Å². The third kappa shape index (κ3) is 6.28. The van der Waals surface area contributed by atoms with E-state index in [0.717, 1.165) is 36.3 Å². The Balaban J connectivity index is 1.69. The van der Waals surface area contributed by atoms with Crippen molar-refractivity contribution in [1.82, 2.24) is 20.2 Å². The van der Waals surface area contributed by atoms with Crippen molar-refractivity contribution >= 4 is 44.9 Å². The molecule has 0 spiro atoms. The molecule has 0 bridgehead atoms. The van der Waals surface area contributed by atoms with Crippen LogP contribution in [0.2, 0.25) is 0 Å². The van der Waals surface area contributed by atoms with Crippen LogP contribution in [0.25, 0.3) is 10.2 Å². The molecule has 3 aromatic rings. The summed E-state index contributed by atoms with van der Waals surface area (Å²) in [6.45, 7) is 9.95. The highest BCUT2D eigenvalue weighted by atomic mass is 32.1. The van der Waals surface area contributed by atoms with Crippen LogP contribution in [0.15, 0.2) is 30.6 Å². The first-order valence-electron chi connectivity index (χ1n) is 11.3. The van der Waals surface area contributed by atoms with Crippen LogP contribution in [-0.4, -0.2) is 73.2 Å². The van der Waals surface area contributed by atoms with E-state index < -0.39 is 5.97 Å². The van der Waals surface area contributed by atoms with Crippen molar-refractivity contribution < 1.29 is 19.1 Å². The molecule has 0 fully saturated rings. The number of methoxy groups -OCH3 is 1. The van der Waals surface area contributed by atoms with Gasteiger partial charge in [-0.25, -0.2) is 14.8 Å². The zero-order chi connectivity index (χ0) is 24.5. The number of nitrogens with one attached hydrogen (secondary N) is 2. The van der Waals surface area contributed by atoms with Crippen LogP contribution in [0.5, 0.6) is 0 Å². The SMILES string of the molecule is CCN(CC)CCNC(=O)c1ccc(Nc2ncnc3sc(C(=O)OCCOC)c(C)c23)cc1. The van der Waals surface area contributed by atoms with Gasteiger partial charge < -0.3 is 25.0 Å². The molecule has 0 saturated carbocycles. The summed E-state index contributed by atoms with van der Waals surface area (Å²) in [5, 5.41) is 7.00. The number of carbonyl (C=O) groups is 2. The van der Waals surface area contributed by atoms with Gasteiger partial charge in [-0.1, -0.05) is 13.8 Å². The van der Waals surface area contributed by atoms with E-state index in [0.29, 0.717) is 34.2 Å². The maximum Gasteiger partial charge on any atom is 0.348 e. The summed E-state index contributed by atoms with van der Waals surface area (Å²) in [7, 11) is 1.55. The Morgan fingerprint density at radius 1 is 1.09 bits per heavy atom. The molecule has 1 aromatic carbocycles. The maximum atomic E-state index is 12.5. The van der Waals surface area contributed by atoms with E-state index in [1.165, 1.54) is 17.7 Å². The minimum Gasteiger partial charge on any atom is -0.459 e. The van der Waals surface area contributed by atoms with Gasteiger partial charge in [0.1, 0.15) is 28.5 Å². The standard InChI is InChI=1S/C24H31N5O4S/c1-5-29(6-2)12-11-25-22(30)17-7-9-18(10-8-17)28-21-19-16(3)20(24(31)33-14-13-32-4)34-23(19)27-15-26-21/h7-10,15H,5-6,11-14H2,1-4H3,(H,25,30)(H,26,27,28). The highest BCUT2D eigenvalue weighted by Gasteiger charge is 2.20. The van der Waals surface area contributed by atoms with Gasteiger partial charge in [-0.3, -0.25) is 4.79 Å². The van der Waals surface area contributed by atoms with Crippen LogP contribution in [0, 0.1) is 6.92 Å². The fourth-order valence-corrected chi connectivity index (χ4v) is 4.50. The third-order valence-corrected chi connectivity index (χ3v) is 6.63. The van der Waals surface area contributed by atoms with Crippen LogP contribution >= 0.6 is 11.3 Å². The van der Waals surface area contributed by atoms with Crippen molar-refractivity contribution in [2.75, 3.05) is 51.8 Å². The summed E-state index contributed by atoms with van der Waals surface area (Å²) in [5.74, 6) is 0.0828. The summed E-state index contributed by atoms with van der Waals surface area (Å²) in [6.07, 6.45) is 1.46. The quantitative estimate of drug-likeness (QED) is 0.296. The molecule has 182 valence electrons. The lowest BCUT2D eigenvalue weighted by molar-refractivity contribution is 0.0393. The van der Waals surface area contributed by atoms with Crippen molar-refractivity contribution in [3.8, 4) is 0 Å². The summed E-state index contributed by atoms with van der Waals surface area (Å²) < 4.78 is 10.2. The molecule has 0 atom stereocenters. The largest absolute Gasteiger partial charge is 0.459 e. The normalized spacial score (nSPS) is 11.1. The number of aromatic nitrogens is 2. The Morgan fingerprint density at radius 2 is 1.82 bits per heavy atom. The number of rotatable bonds is 12. The van der Waals surface area contributed by atoms with E-state index in [9.17, 15) is 9.59 Å². The molecule has 0 aliphatic rings. The van der Waals surface area contributed by atoms with E-state index in [1.807, 2.05) is 19.1 Å². The number of amides is 1. The fraction of sp³-hybridized carbons (Fsp3) is 0.417. The number of ether oxygens (including phenoxy) is 2. The van der Waals surface area contributed by atoms with Gasteiger partial charge in [0.15, 0.2) is 0 Å². The monoisotopic (exact) mass is 485 g/mol. The Hall–Kier alpha value is -3.08. The van der Waals surface area contributed by atoms with Gasteiger partial charge in [-0.2, -0.15) is 0 Å². The molecule has 2 aromatic heterocycles. The average Bonchev–Trinajstić information content (AvgIpc) is 3.19. The molecule has 0 radical (unpaired) electrons. The molecule has 0 unspecified atom stereocenters. The second-order valence-electron chi connectivity index (χ2n) is 7.57. The lowest BCUT2D eigenvalue weighted by Crippen LogP contribution is -2.34. The van der Waals surface area contributed by atoms with E-state index >= 15 is 0 Å². The van der Waals surface area contributed by atoms with Crippen molar-refractivity contribution in [3.63, 3.8) is 0 Å². The van der Waals surface area contributed by atoms with Crippen molar-refractivity contribution in [1.29, 1.82) is 0 Å². The lowest BCUT2D eigenvalue weighted by atomic mass is 10.1. The highest BCUT2D eigenvalue weighted by Crippen LogP contribution is 2.34. The predicted molar refractivity (Wildman–Crippen MR) is 134 cm³/mol. The zero-order valence-electron chi connectivity index (χ0n) is 20.0. The van der Waals surface area contributed by atoms with Crippen LogP contribution in [0.4, 0.5) is 11.5 Å². The molecule has 0 aliphatic heterocycles. The summed E-state index contributed by atoms with van der Waals surface area (Å²) in [6, 6.07) is 7.20. The van der Waals surface area contributed by atoms with Crippen LogP contribution in [0.3, 0.4) is 0 Å². The topological polar surface area (TPSA) is 106 Å². The number of aryl methyl sites for hydroxylation is 1. The van der Waals surface area contributed by atoms with E-state index in [2.05, 4.69) is 39.3 Å². The number of fused-ring (bicyclic) bond motifs is 1. The summed E-state index contributed by atoms with van der Waals surface area (Å²) in [5.41, 5.74) is 2.12. The number of carbonyl (C=O) groups excluding carboxylic acids is 2. The number of nitrogens with zero attached hydrogens (tertiary/aromatic N) is 3. The summed E-state index contributed by atoms with van der Waals surface area (Å²) >= 11 is 1.27. The van der Waals surface area contributed by atoms with Crippen molar-refractivity contribution in [2.45, 2.75) is 20.8 Å². The molecule has 0 aliphatic carbocycles. The van der Waals surface area contributed by atoms with Crippen LogP contribution < -0.4 is 10.6 Å². The first kappa shape index (κ1) is 25.5. The van der Waals surface area contributed by atoms with Gasteiger partial charge in [-0.05, 0) is 49.8 Å². The van der Waals surface area contributed by atoms with Gasteiger partial charge >= 0.3 is 5.97 Å². The molecule has 2 heterocycles. The number of thiophene rings is 1. The minimum absolute atomic E-state index is 0.103. The third-order valence-electron chi connectivity index (χ3n) is 5.45. The number of likely N-dealkylation sites (N-methyl/N-ethyl adjacent to an activating group) is 1. The van der Waals surface area contributed by atoms with Gasteiger partial charge in [0.05, 0.1) is 12.0 Å². The fourth-order valence-electron chi connectivity index (χ4n) is 3.46. The number of anilines is 2. The molecular weight excluding hydrogens is 454 g/mol. The van der Waals surface area contributed by atoms with Crippen LogP contribution in [-0.2, 0) is 9.47 Å². The Labute approximate surface area is 203 Å². The van der Waals surface area contributed by atoms with Gasteiger partial charge in [-0.15, -0.1) is 11.3 Å². The molecule has 9 nitrogen and oxygen atoms in total. The number of hydrogen-bond acceptors (Lipinski definition) is 9. The molecule has 0 saturated heterocycles. The molecule has 2 N–H and O–H groups in total. The number of hydrogen-bond donors (Lipinski definition) is 2. The summed E-state index contributed by atoms with van der Waals surface area (Å²) in [4.78, 5) is 37.0. The minimum atomic E-state index is -0.403. The van der Waals surface area contributed by atoms with Gasteiger partial charge in [0, 0.05) is 31.5 Å². The molecule has 3 rings (SSSR count). The second kappa shape index (κ2) is 12.4. The van der Waals surface area contributed by atoms with E-state index in [4.69, 9.17) is 9.47 Å². The highest BCUT2D eigenvalue weighted by molar-refractivity contribution is 7.20. The first-order valence-corrected chi connectivity index (χ1v) is 12.1. The molecule has 34 heavy (non-hydrogen) atoms. The van der Waals surface area contributed by atoms with Gasteiger partial charge in [0.2, 0.25) is 0 Å². The van der Waals surface area contributed by atoms with Crippen molar-refractivity contribution in [3.05, 3.63) is 46.6 Å². The van der Waals surface area contributed by atoms with Crippen LogP contribution in [0.1, 0.15) is 39.4 Å². The number of esters is 1. The predicted octanol–water partition coefficient (Wildman–Crippen LogP) is 3.62. The average molecular weight is 486 g/mol. The molecule has 10 heteroatoms. The smallest absolute Gasteiger partial charge is 0.348 e. The Kier molecular flexibility index (Phi) is 9.32. The molecule has 1 amide bonds. The number of benzene rings is 1. The van der Waals surface area contributed by atoms with Crippen molar-refractivity contribution in [2.24, 2.45) is 0 Å². The lowest BCUT2D eigenvalue weighted by Gasteiger charge is -2.18. The first-order chi connectivity index (χ1) is 16.5. The Morgan fingerprint density at radius 3 is 2.50 bits per heavy atom. The second-order valence-corrected chi connectivity index (χ2v) is 8.57.